The number of carbonyl (C=O) groups excluding carboxylic acids is 1. The summed E-state index contributed by atoms with van der Waals surface area (Å²) in [5.41, 5.74) is 2.83. The molecule has 0 saturated heterocycles. The molecule has 2 aromatic heterocycles. The Morgan fingerprint density at radius 2 is 1.93 bits per heavy atom. The Bertz CT molecular complexity index is 850. The maximum Gasteiger partial charge on any atom is 0.391 e. The number of esters is 1. The minimum Gasteiger partial charge on any atom is -0.465 e. The number of methoxy groups -OCH3 is 1. The largest absolute Gasteiger partial charge is 0.465 e. The van der Waals surface area contributed by atoms with Crippen LogP contribution in [0.15, 0.2) is 12.3 Å². The number of nitrogens with zero attached hydrogens (tertiary/aromatic N) is 3. The maximum absolute atomic E-state index is 12.9. The molecule has 0 unspecified atom stereocenters. The zero-order valence-electron chi connectivity index (χ0n) is 15.1. The van der Waals surface area contributed by atoms with Crippen molar-refractivity contribution in [1.82, 2.24) is 14.8 Å². The molecule has 2 heterocycles. The van der Waals surface area contributed by atoms with Gasteiger partial charge in [-0.2, -0.15) is 18.3 Å². The van der Waals surface area contributed by atoms with Gasteiger partial charge in [0.25, 0.3) is 0 Å². The summed E-state index contributed by atoms with van der Waals surface area (Å²) in [6.45, 7) is 0.611. The van der Waals surface area contributed by atoms with Gasteiger partial charge in [0.15, 0.2) is 0 Å². The first-order valence-electron chi connectivity index (χ1n) is 9.38. The van der Waals surface area contributed by atoms with Crippen molar-refractivity contribution in [1.29, 1.82) is 0 Å². The molecular formula is C19H22F3N3O2. The number of halogens is 3. The fourth-order valence-corrected chi connectivity index (χ4v) is 4.08. The van der Waals surface area contributed by atoms with Crippen molar-refractivity contribution in [3.05, 3.63) is 23.5 Å². The molecule has 5 nitrogen and oxygen atoms in total. The van der Waals surface area contributed by atoms with E-state index in [0.717, 1.165) is 24.1 Å². The van der Waals surface area contributed by atoms with Gasteiger partial charge in [-0.25, -0.2) is 4.79 Å². The highest BCUT2D eigenvalue weighted by atomic mass is 19.4. The molecule has 2 aliphatic rings. The van der Waals surface area contributed by atoms with Crippen LogP contribution in [0.4, 0.5) is 13.2 Å². The number of hydrogen-bond donors (Lipinski definition) is 0. The lowest BCUT2D eigenvalue weighted by molar-refractivity contribution is -0.184. The standard InChI is InChI=1S/C19H22F3N3O2/c1-27-18(26)13-8-15-16(23-9-13)17(12-4-5-12)25(24-15)10-11-2-6-14(7-3-11)19(20,21)22/h8-9,11-12,14H,2-7,10H2,1H3. The molecule has 8 heteroatoms. The SMILES string of the molecule is COC(=O)c1cnc2c(C3CC3)n(CC3CCC(C(F)(F)F)CC3)nc2c1. The van der Waals surface area contributed by atoms with Crippen molar-refractivity contribution in [2.24, 2.45) is 11.8 Å². The van der Waals surface area contributed by atoms with Crippen molar-refractivity contribution in [3.63, 3.8) is 0 Å². The highest BCUT2D eigenvalue weighted by molar-refractivity contribution is 5.93. The minimum atomic E-state index is -4.08. The zero-order chi connectivity index (χ0) is 19.2. The van der Waals surface area contributed by atoms with Gasteiger partial charge in [-0.15, -0.1) is 0 Å². The van der Waals surface area contributed by atoms with Gasteiger partial charge in [0.1, 0.15) is 11.0 Å². The third-order valence-corrected chi connectivity index (χ3v) is 5.74. The molecule has 0 spiro atoms. The van der Waals surface area contributed by atoms with Crippen LogP contribution in [0.5, 0.6) is 0 Å². The first kappa shape index (κ1) is 18.3. The molecule has 0 atom stereocenters. The predicted octanol–water partition coefficient (Wildman–Crippen LogP) is 4.46. The molecule has 27 heavy (non-hydrogen) atoms. The average molecular weight is 381 g/mol. The first-order chi connectivity index (χ1) is 12.9. The maximum atomic E-state index is 12.9. The van der Waals surface area contributed by atoms with Crippen LogP contribution in [0.2, 0.25) is 0 Å². The normalized spacial score (nSPS) is 23.6. The summed E-state index contributed by atoms with van der Waals surface area (Å²) in [5, 5.41) is 4.64. The highest BCUT2D eigenvalue weighted by Gasteiger charge is 2.41. The molecule has 0 radical (unpaired) electrons. The summed E-state index contributed by atoms with van der Waals surface area (Å²) in [6.07, 6.45) is 1.07. The van der Waals surface area contributed by atoms with E-state index < -0.39 is 18.1 Å². The lowest BCUT2D eigenvalue weighted by Crippen LogP contribution is -2.29. The van der Waals surface area contributed by atoms with Crippen LogP contribution < -0.4 is 0 Å². The molecule has 0 aliphatic heterocycles. The van der Waals surface area contributed by atoms with Crippen LogP contribution in [0.1, 0.15) is 60.5 Å². The Labute approximate surface area is 154 Å². The topological polar surface area (TPSA) is 57.0 Å². The highest BCUT2D eigenvalue weighted by Crippen LogP contribution is 2.44. The zero-order valence-corrected chi connectivity index (χ0v) is 15.1. The second-order valence-corrected chi connectivity index (χ2v) is 7.68. The molecule has 4 rings (SSSR count). The van der Waals surface area contributed by atoms with E-state index in [1.54, 1.807) is 6.07 Å². The first-order valence-corrected chi connectivity index (χ1v) is 9.38. The summed E-state index contributed by atoms with van der Waals surface area (Å²) in [6, 6.07) is 1.68. The predicted molar refractivity (Wildman–Crippen MR) is 92.3 cm³/mol. The summed E-state index contributed by atoms with van der Waals surface area (Å²) in [7, 11) is 1.32. The lowest BCUT2D eigenvalue weighted by atomic mass is 9.81. The molecule has 2 fully saturated rings. The third-order valence-electron chi connectivity index (χ3n) is 5.74. The molecule has 146 valence electrons. The second-order valence-electron chi connectivity index (χ2n) is 7.68. The molecule has 0 bridgehead atoms. The monoisotopic (exact) mass is 381 g/mol. The minimum absolute atomic E-state index is 0.190. The Hall–Kier alpha value is -2.12. The van der Waals surface area contributed by atoms with E-state index in [9.17, 15) is 18.0 Å². The fraction of sp³-hybridized carbons (Fsp3) is 0.632. The Balaban J connectivity index is 1.56. The number of aromatic nitrogens is 3. The van der Waals surface area contributed by atoms with Crippen molar-refractivity contribution < 1.29 is 22.7 Å². The van der Waals surface area contributed by atoms with Crippen molar-refractivity contribution in [2.75, 3.05) is 7.11 Å². The van der Waals surface area contributed by atoms with Gasteiger partial charge in [0.05, 0.1) is 24.3 Å². The Morgan fingerprint density at radius 1 is 1.22 bits per heavy atom. The number of carbonyl (C=O) groups is 1. The quantitative estimate of drug-likeness (QED) is 0.734. The summed E-state index contributed by atoms with van der Waals surface area (Å²) < 4.78 is 45.3. The van der Waals surface area contributed by atoms with Crippen LogP contribution in [-0.4, -0.2) is 34.0 Å². The smallest absolute Gasteiger partial charge is 0.391 e. The van der Waals surface area contributed by atoms with Crippen molar-refractivity contribution >= 4 is 17.0 Å². The van der Waals surface area contributed by atoms with E-state index in [-0.39, 0.29) is 18.8 Å². The van der Waals surface area contributed by atoms with Crippen LogP contribution in [0.3, 0.4) is 0 Å². The Morgan fingerprint density at radius 3 is 2.52 bits per heavy atom. The molecule has 2 saturated carbocycles. The summed E-state index contributed by atoms with van der Waals surface area (Å²) >= 11 is 0. The van der Waals surface area contributed by atoms with E-state index in [1.807, 2.05) is 4.68 Å². The van der Waals surface area contributed by atoms with Crippen LogP contribution in [-0.2, 0) is 11.3 Å². The van der Waals surface area contributed by atoms with Gasteiger partial charge in [-0.3, -0.25) is 9.67 Å². The number of hydrogen-bond acceptors (Lipinski definition) is 4. The van der Waals surface area contributed by atoms with E-state index in [0.29, 0.717) is 36.4 Å². The number of ether oxygens (including phenoxy) is 1. The number of pyridine rings is 1. The van der Waals surface area contributed by atoms with Crippen LogP contribution in [0.25, 0.3) is 11.0 Å². The van der Waals surface area contributed by atoms with Gasteiger partial charge < -0.3 is 4.74 Å². The van der Waals surface area contributed by atoms with Gasteiger partial charge >= 0.3 is 12.1 Å². The van der Waals surface area contributed by atoms with Crippen molar-refractivity contribution in [2.45, 2.75) is 57.2 Å². The number of rotatable bonds is 4. The van der Waals surface area contributed by atoms with Crippen LogP contribution in [0, 0.1) is 11.8 Å². The average Bonchev–Trinajstić information content (AvgIpc) is 3.41. The summed E-state index contributed by atoms with van der Waals surface area (Å²) in [5.74, 6) is -1.04. The second kappa shape index (κ2) is 6.80. The molecule has 0 amide bonds. The number of fused-ring (bicyclic) bond motifs is 1. The molecule has 0 N–H and O–H groups in total. The van der Waals surface area contributed by atoms with Gasteiger partial charge in [-0.1, -0.05) is 0 Å². The van der Waals surface area contributed by atoms with Gasteiger partial charge in [-0.05, 0) is 50.5 Å². The molecule has 2 aromatic rings. The van der Waals surface area contributed by atoms with Crippen LogP contribution >= 0.6 is 0 Å². The summed E-state index contributed by atoms with van der Waals surface area (Å²) in [4.78, 5) is 16.2. The molecule has 0 aromatic carbocycles. The molecular weight excluding hydrogens is 359 g/mol. The van der Waals surface area contributed by atoms with Crippen molar-refractivity contribution in [3.8, 4) is 0 Å². The number of alkyl halides is 3. The van der Waals surface area contributed by atoms with E-state index >= 15 is 0 Å². The van der Waals surface area contributed by atoms with E-state index in [4.69, 9.17) is 4.74 Å². The van der Waals surface area contributed by atoms with E-state index in [1.165, 1.54) is 13.3 Å². The Kier molecular flexibility index (Phi) is 4.60. The lowest BCUT2D eigenvalue weighted by Gasteiger charge is -2.30. The third kappa shape index (κ3) is 3.66. The van der Waals surface area contributed by atoms with Gasteiger partial charge in [0.2, 0.25) is 0 Å². The molecule has 2 aliphatic carbocycles. The van der Waals surface area contributed by atoms with Gasteiger partial charge in [0, 0.05) is 18.7 Å². The fourth-order valence-electron chi connectivity index (χ4n) is 4.08. The van der Waals surface area contributed by atoms with E-state index in [2.05, 4.69) is 10.1 Å².